The van der Waals surface area contributed by atoms with E-state index >= 15 is 0 Å². The highest BCUT2D eigenvalue weighted by Crippen LogP contribution is 2.36. The fourth-order valence-corrected chi connectivity index (χ4v) is 4.37. The number of carbonyl (C=O) groups is 1. The van der Waals surface area contributed by atoms with Crippen LogP contribution in [0, 0.1) is 18.3 Å². The Bertz CT molecular complexity index is 1660. The number of rotatable bonds is 6. The summed E-state index contributed by atoms with van der Waals surface area (Å²) in [5.41, 5.74) is -0.822. The molecular formula is C24H19F3N6O3S. The van der Waals surface area contributed by atoms with E-state index in [4.69, 9.17) is 5.26 Å². The van der Waals surface area contributed by atoms with Gasteiger partial charge >= 0.3 is 6.18 Å². The Kier molecular flexibility index (Phi) is 6.72. The van der Waals surface area contributed by atoms with Gasteiger partial charge in [-0.1, -0.05) is 30.3 Å². The summed E-state index contributed by atoms with van der Waals surface area (Å²) >= 11 is 0. The van der Waals surface area contributed by atoms with E-state index in [1.165, 1.54) is 38.2 Å². The van der Waals surface area contributed by atoms with Gasteiger partial charge in [-0.05, 0) is 43.8 Å². The molecule has 0 aliphatic rings. The average Bonchev–Trinajstić information content (AvgIpc) is 3.18. The van der Waals surface area contributed by atoms with Crippen molar-refractivity contribution in [3.63, 3.8) is 0 Å². The molecule has 0 saturated heterocycles. The number of para-hydroxylation sites is 1. The summed E-state index contributed by atoms with van der Waals surface area (Å²) in [6, 6.07) is 15.4. The van der Waals surface area contributed by atoms with Gasteiger partial charge in [0.25, 0.3) is 15.9 Å². The lowest BCUT2D eigenvalue weighted by Crippen LogP contribution is -2.22. The highest BCUT2D eigenvalue weighted by atomic mass is 32.2. The van der Waals surface area contributed by atoms with Gasteiger partial charge in [-0.25, -0.2) is 18.1 Å². The van der Waals surface area contributed by atoms with Crippen molar-refractivity contribution >= 4 is 32.5 Å². The quantitative estimate of drug-likeness (QED) is 0.391. The summed E-state index contributed by atoms with van der Waals surface area (Å²) in [5, 5.41) is 14.7. The molecule has 2 aromatic carbocycles. The molecule has 0 spiro atoms. The molecule has 4 aromatic rings. The van der Waals surface area contributed by atoms with Crippen LogP contribution in [0.25, 0.3) is 10.9 Å². The molecule has 190 valence electrons. The maximum absolute atomic E-state index is 13.9. The van der Waals surface area contributed by atoms with Crippen molar-refractivity contribution in [2.24, 2.45) is 0 Å². The van der Waals surface area contributed by atoms with E-state index in [1.54, 1.807) is 24.3 Å². The van der Waals surface area contributed by atoms with Gasteiger partial charge in [0.2, 0.25) is 0 Å². The lowest BCUT2D eigenvalue weighted by atomic mass is 10.1. The van der Waals surface area contributed by atoms with Crippen LogP contribution in [0.2, 0.25) is 0 Å². The SMILES string of the molecule is CNS(=O)(=O)c1cc(C(=O)Nc2c(C(F)(F)F)nn(Cc3ccc(C#N)cc3)c2C)c2ccccc2n1. The topological polar surface area (TPSA) is 130 Å². The highest BCUT2D eigenvalue weighted by Gasteiger charge is 2.39. The number of hydrogen-bond donors (Lipinski definition) is 2. The van der Waals surface area contributed by atoms with Crippen LogP contribution in [0.15, 0.2) is 59.6 Å². The smallest absolute Gasteiger partial charge is 0.319 e. The monoisotopic (exact) mass is 528 g/mol. The summed E-state index contributed by atoms with van der Waals surface area (Å²) in [5.74, 6) is -0.960. The molecule has 2 aromatic heterocycles. The molecule has 37 heavy (non-hydrogen) atoms. The third-order valence-corrected chi connectivity index (χ3v) is 6.91. The van der Waals surface area contributed by atoms with Crippen molar-refractivity contribution in [2.75, 3.05) is 12.4 Å². The van der Waals surface area contributed by atoms with Crippen LogP contribution in [0.5, 0.6) is 0 Å². The molecule has 2 N–H and O–H groups in total. The van der Waals surface area contributed by atoms with Crippen molar-refractivity contribution in [3.05, 3.63) is 82.7 Å². The molecule has 4 rings (SSSR count). The number of alkyl halides is 3. The number of fused-ring (bicyclic) bond motifs is 1. The van der Waals surface area contributed by atoms with E-state index in [1.807, 2.05) is 6.07 Å². The van der Waals surface area contributed by atoms with Crippen molar-refractivity contribution < 1.29 is 26.4 Å². The van der Waals surface area contributed by atoms with Crippen LogP contribution >= 0.6 is 0 Å². The van der Waals surface area contributed by atoms with Crippen LogP contribution in [0.1, 0.15) is 32.9 Å². The second-order valence-electron chi connectivity index (χ2n) is 7.96. The van der Waals surface area contributed by atoms with Gasteiger partial charge in [-0.2, -0.15) is 23.5 Å². The fraction of sp³-hybridized carbons (Fsp3) is 0.167. The Morgan fingerprint density at radius 3 is 2.43 bits per heavy atom. The number of aromatic nitrogens is 3. The number of benzene rings is 2. The largest absolute Gasteiger partial charge is 0.437 e. The van der Waals surface area contributed by atoms with E-state index < -0.39 is 38.5 Å². The average molecular weight is 529 g/mol. The number of amides is 1. The van der Waals surface area contributed by atoms with Crippen LogP contribution in [-0.2, 0) is 22.7 Å². The van der Waals surface area contributed by atoms with Crippen molar-refractivity contribution in [3.8, 4) is 6.07 Å². The first-order valence-electron chi connectivity index (χ1n) is 10.7. The first kappa shape index (κ1) is 25.8. The van der Waals surface area contributed by atoms with E-state index in [-0.39, 0.29) is 28.7 Å². The van der Waals surface area contributed by atoms with E-state index in [0.29, 0.717) is 11.1 Å². The molecular weight excluding hydrogens is 509 g/mol. The molecule has 0 radical (unpaired) electrons. The first-order valence-corrected chi connectivity index (χ1v) is 12.2. The molecule has 2 heterocycles. The van der Waals surface area contributed by atoms with E-state index in [0.717, 1.165) is 10.7 Å². The number of nitrogens with one attached hydrogen (secondary N) is 2. The molecule has 0 atom stereocenters. The van der Waals surface area contributed by atoms with Gasteiger partial charge in [0.15, 0.2) is 10.7 Å². The second kappa shape index (κ2) is 9.64. The normalized spacial score (nSPS) is 11.9. The van der Waals surface area contributed by atoms with Crippen LogP contribution < -0.4 is 10.0 Å². The predicted molar refractivity (Wildman–Crippen MR) is 128 cm³/mol. The summed E-state index contributed by atoms with van der Waals surface area (Å²) in [7, 11) is -2.88. The van der Waals surface area contributed by atoms with E-state index in [2.05, 4.69) is 20.1 Å². The molecule has 0 aliphatic heterocycles. The van der Waals surface area contributed by atoms with Crippen molar-refractivity contribution in [1.29, 1.82) is 5.26 Å². The van der Waals surface area contributed by atoms with Gasteiger partial charge in [0.05, 0.1) is 40.6 Å². The summed E-state index contributed by atoms with van der Waals surface area (Å²) in [6.07, 6.45) is -4.88. The highest BCUT2D eigenvalue weighted by molar-refractivity contribution is 7.89. The maximum atomic E-state index is 13.9. The van der Waals surface area contributed by atoms with E-state index in [9.17, 15) is 26.4 Å². The molecule has 13 heteroatoms. The number of hydrogen-bond acceptors (Lipinski definition) is 6. The summed E-state index contributed by atoms with van der Waals surface area (Å²) in [4.78, 5) is 17.3. The zero-order valence-electron chi connectivity index (χ0n) is 19.5. The molecule has 1 amide bonds. The first-order chi connectivity index (χ1) is 17.4. The Hall–Kier alpha value is -4.28. The van der Waals surface area contributed by atoms with Gasteiger partial charge in [-0.3, -0.25) is 9.48 Å². The molecule has 0 unspecified atom stereocenters. The molecule has 0 saturated carbocycles. The summed E-state index contributed by atoms with van der Waals surface area (Å²) < 4.78 is 69.6. The van der Waals surface area contributed by atoms with Crippen LogP contribution in [0.4, 0.5) is 18.9 Å². The van der Waals surface area contributed by atoms with Gasteiger partial charge < -0.3 is 5.32 Å². The lowest BCUT2D eigenvalue weighted by molar-refractivity contribution is -0.140. The number of halogens is 3. The molecule has 0 aliphatic carbocycles. The molecule has 0 fully saturated rings. The molecule has 0 bridgehead atoms. The number of anilines is 1. The lowest BCUT2D eigenvalue weighted by Gasteiger charge is -2.12. The fourth-order valence-electron chi connectivity index (χ4n) is 3.67. The van der Waals surface area contributed by atoms with Crippen LogP contribution in [0.3, 0.4) is 0 Å². The Labute approximate surface area is 209 Å². The Morgan fingerprint density at radius 2 is 1.81 bits per heavy atom. The van der Waals surface area contributed by atoms with Crippen molar-refractivity contribution in [1.82, 2.24) is 19.5 Å². The molecule has 9 nitrogen and oxygen atoms in total. The third kappa shape index (κ3) is 5.16. The van der Waals surface area contributed by atoms with Crippen molar-refractivity contribution in [2.45, 2.75) is 24.7 Å². The Balaban J connectivity index is 1.78. The van der Waals surface area contributed by atoms with Gasteiger partial charge in [-0.15, -0.1) is 0 Å². The minimum Gasteiger partial charge on any atom is -0.319 e. The minimum absolute atomic E-state index is 0.0338. The number of sulfonamides is 1. The minimum atomic E-state index is -4.88. The maximum Gasteiger partial charge on any atom is 0.437 e. The number of pyridine rings is 1. The number of nitrogens with zero attached hydrogens (tertiary/aromatic N) is 4. The summed E-state index contributed by atoms with van der Waals surface area (Å²) in [6.45, 7) is 1.34. The van der Waals surface area contributed by atoms with Gasteiger partial charge in [0.1, 0.15) is 0 Å². The number of carbonyl (C=O) groups excluding carboxylic acids is 1. The zero-order valence-corrected chi connectivity index (χ0v) is 20.3. The standard InChI is InChI=1S/C24H19F3N6O3S/c1-14-21(22(24(25,26)27)32-33(14)13-16-9-7-15(12-28)8-10-16)31-23(34)18-11-20(37(35,36)29-2)30-19-6-4-3-5-17(18)19/h3-11,29H,13H2,1-2H3,(H,31,34). The second-order valence-corrected chi connectivity index (χ2v) is 9.79. The number of nitriles is 1. The third-order valence-electron chi connectivity index (χ3n) is 5.61. The predicted octanol–water partition coefficient (Wildman–Crippen LogP) is 3.84. The van der Waals surface area contributed by atoms with Gasteiger partial charge in [0, 0.05) is 5.39 Å². The Morgan fingerprint density at radius 1 is 1.14 bits per heavy atom. The van der Waals surface area contributed by atoms with Crippen LogP contribution in [-0.4, -0.2) is 36.1 Å². The zero-order chi connectivity index (χ0) is 27.0.